The zero-order valence-corrected chi connectivity index (χ0v) is 27.5. The normalized spacial score (nSPS) is 26.1. The summed E-state index contributed by atoms with van der Waals surface area (Å²) in [6.45, 7) is 4.90. The van der Waals surface area contributed by atoms with Crippen LogP contribution in [0, 0.1) is 5.92 Å². The smallest absolute Gasteiger partial charge is 0.480 e. The Bertz CT molecular complexity index is 1150. The largest absolute Gasteiger partial charge is 1.00 e. The quantitative estimate of drug-likeness (QED) is 0.0914. The molecule has 8 atom stereocenters. The van der Waals surface area contributed by atoms with E-state index in [1.54, 1.807) is 20.0 Å². The van der Waals surface area contributed by atoms with E-state index in [0.717, 1.165) is 10.9 Å². The number of aromatic amines is 1. The van der Waals surface area contributed by atoms with Crippen LogP contribution in [0.5, 0.6) is 0 Å². The molecule has 1 aromatic heterocycles. The van der Waals surface area contributed by atoms with E-state index in [4.69, 9.17) is 9.26 Å². The van der Waals surface area contributed by atoms with E-state index in [9.17, 15) is 39.5 Å². The molecule has 0 aliphatic carbocycles. The molecule has 1 amide bonds. The Morgan fingerprint density at radius 2 is 1.74 bits per heavy atom. The summed E-state index contributed by atoms with van der Waals surface area (Å²) in [6.07, 6.45) is -6.08. The van der Waals surface area contributed by atoms with Crippen molar-refractivity contribution < 1.29 is 108 Å². The third kappa shape index (κ3) is 9.86. The molecule has 16 heteroatoms. The number of aromatic nitrogens is 1. The van der Waals surface area contributed by atoms with Crippen molar-refractivity contribution in [1.82, 2.24) is 15.4 Å². The average Bonchev–Trinajstić information content (AvgIpc) is 3.22. The van der Waals surface area contributed by atoms with Crippen LogP contribution in [0.15, 0.2) is 30.5 Å². The van der Waals surface area contributed by atoms with Gasteiger partial charge >= 0.3 is 72.8 Å². The average molecular weight is 589 g/mol. The van der Waals surface area contributed by atoms with E-state index in [2.05, 4.69) is 15.4 Å². The second-order valence-corrected chi connectivity index (χ2v) is 11.1. The number of hydrogen-bond acceptors (Lipinski definition) is 8. The van der Waals surface area contributed by atoms with Gasteiger partial charge in [-0.2, -0.15) is 0 Å². The Morgan fingerprint density at radius 3 is 2.36 bits per heavy atom. The van der Waals surface area contributed by atoms with E-state index in [1.165, 1.54) is 6.92 Å². The van der Waals surface area contributed by atoms with E-state index in [0.29, 0.717) is 5.56 Å². The van der Waals surface area contributed by atoms with E-state index in [-0.39, 0.29) is 77.9 Å². The monoisotopic (exact) mass is 589 g/mol. The molecule has 1 aliphatic heterocycles. The molecule has 0 saturated carbocycles. The van der Waals surface area contributed by atoms with Gasteiger partial charge < -0.3 is 40.4 Å². The maximum Gasteiger partial charge on any atom is 1.00 e. The molecule has 39 heavy (non-hydrogen) atoms. The van der Waals surface area contributed by atoms with E-state index >= 15 is 0 Å². The van der Waals surface area contributed by atoms with Crippen molar-refractivity contribution in [1.29, 1.82) is 0 Å². The molecule has 1 saturated heterocycles. The standard InChI is InChI=1S/C23H34N3O10P.2Na/c1-11(2)8-16(26-37(33,34)36-23-20(29)19(28)18(27)12(3)35-23)21(30)25-17(22(31)32)9-13-10-24-15-7-5-4-6-14(13)15;;/h4-7,10-12,16-20,23-24,27-29H,8-9H2,1-3H3,(H,25,30)(H,31,32)(H2,26,33,34);;/q;2*+1/t12-,16?,17?,18-,19+,20+,23-;;/m0../s1. The first-order valence-electron chi connectivity index (χ1n) is 11.9. The number of rotatable bonds is 11. The van der Waals surface area contributed by atoms with Gasteiger partial charge in [-0.25, -0.2) is 14.4 Å². The number of fused-ring (bicyclic) bond motifs is 1. The Morgan fingerprint density at radius 1 is 1.10 bits per heavy atom. The van der Waals surface area contributed by atoms with Crippen LogP contribution < -0.4 is 69.5 Å². The number of amides is 1. The maximum absolute atomic E-state index is 13.1. The molecule has 206 valence electrons. The minimum absolute atomic E-state index is 0. The van der Waals surface area contributed by atoms with Crippen LogP contribution in [0.3, 0.4) is 0 Å². The molecule has 13 nitrogen and oxygen atoms in total. The number of aliphatic carboxylic acids is 1. The van der Waals surface area contributed by atoms with Gasteiger partial charge in [0.25, 0.3) is 0 Å². The van der Waals surface area contributed by atoms with Crippen LogP contribution >= 0.6 is 7.75 Å². The van der Waals surface area contributed by atoms with Crippen molar-refractivity contribution in [2.75, 3.05) is 0 Å². The SMILES string of the molecule is CC(C)CC(NP(=O)(O)O[C@@H]1O[C@@H](C)[C@H](O)[C@@H](O)[C@H]1O)C(=O)NC(Cc1c[nH]c2ccccc12)C(=O)O.[Na+].[Na+]. The van der Waals surface area contributed by atoms with Gasteiger partial charge in [0.2, 0.25) is 5.91 Å². The molecule has 1 aromatic carbocycles. The predicted octanol–water partition coefficient (Wildman–Crippen LogP) is -5.76. The number of nitrogens with one attached hydrogen (secondary N) is 3. The third-order valence-corrected chi connectivity index (χ3v) is 7.24. The molecule has 2 aromatic rings. The molecule has 1 fully saturated rings. The number of benzene rings is 1. The molecule has 1 aliphatic rings. The summed E-state index contributed by atoms with van der Waals surface area (Å²) in [5.74, 6) is -2.27. The fourth-order valence-corrected chi connectivity index (χ4v) is 5.28. The van der Waals surface area contributed by atoms with Crippen LogP contribution in [0.4, 0.5) is 0 Å². The summed E-state index contributed by atoms with van der Waals surface area (Å²) < 4.78 is 23.0. The van der Waals surface area contributed by atoms with Crippen molar-refractivity contribution in [3.63, 3.8) is 0 Å². The molecule has 0 bridgehead atoms. The second-order valence-electron chi connectivity index (χ2n) is 9.58. The second kappa shape index (κ2) is 15.8. The molecule has 0 spiro atoms. The summed E-state index contributed by atoms with van der Waals surface area (Å²) in [7, 11) is -4.83. The summed E-state index contributed by atoms with van der Waals surface area (Å²) in [5.41, 5.74) is 1.48. The molecule has 0 radical (unpaired) electrons. The van der Waals surface area contributed by atoms with Crippen molar-refractivity contribution in [3.8, 4) is 0 Å². The number of aliphatic hydroxyl groups excluding tert-OH is 3. The molecule has 3 rings (SSSR count). The molecular formula is C23H34N3Na2O10P+2. The van der Waals surface area contributed by atoms with Gasteiger partial charge in [-0.3, -0.25) is 9.32 Å². The Kier molecular flexibility index (Phi) is 14.8. The number of hydrogen-bond donors (Lipinski definition) is 8. The number of ether oxygens (including phenoxy) is 1. The van der Waals surface area contributed by atoms with Crippen molar-refractivity contribution >= 4 is 30.5 Å². The molecule has 3 unspecified atom stereocenters. The fourth-order valence-electron chi connectivity index (χ4n) is 4.15. The van der Waals surface area contributed by atoms with Crippen molar-refractivity contribution in [2.24, 2.45) is 5.92 Å². The minimum Gasteiger partial charge on any atom is -0.480 e. The van der Waals surface area contributed by atoms with Crippen LogP contribution in [-0.2, 0) is 29.8 Å². The van der Waals surface area contributed by atoms with Gasteiger partial charge in [-0.15, -0.1) is 0 Å². The number of aliphatic hydroxyl groups is 3. The van der Waals surface area contributed by atoms with Gasteiger partial charge in [-0.1, -0.05) is 32.0 Å². The molecular weight excluding hydrogens is 555 g/mol. The van der Waals surface area contributed by atoms with Gasteiger partial charge in [0.1, 0.15) is 24.4 Å². The number of carbonyl (C=O) groups excluding carboxylic acids is 1. The minimum atomic E-state index is -4.83. The number of carboxylic acid groups (broad SMARTS) is 1. The van der Waals surface area contributed by atoms with Crippen LogP contribution in [0.25, 0.3) is 10.9 Å². The Hall–Kier alpha value is -0.350. The van der Waals surface area contributed by atoms with Gasteiger partial charge in [0.15, 0.2) is 6.29 Å². The van der Waals surface area contributed by atoms with Gasteiger partial charge in [-0.05, 0) is 30.9 Å². The van der Waals surface area contributed by atoms with E-state index < -0.39 is 62.4 Å². The summed E-state index contributed by atoms with van der Waals surface area (Å²) >= 11 is 0. The molecule has 8 N–H and O–H groups in total. The third-order valence-electron chi connectivity index (χ3n) is 6.11. The van der Waals surface area contributed by atoms with Crippen LogP contribution in [0.2, 0.25) is 0 Å². The zero-order valence-electron chi connectivity index (χ0n) is 22.6. The summed E-state index contributed by atoms with van der Waals surface area (Å²) in [4.78, 5) is 38.5. The van der Waals surface area contributed by atoms with Crippen LogP contribution in [0.1, 0.15) is 32.8 Å². The first-order valence-corrected chi connectivity index (χ1v) is 13.4. The summed E-state index contributed by atoms with van der Waals surface area (Å²) in [6, 6.07) is 4.63. The van der Waals surface area contributed by atoms with Crippen LogP contribution in [-0.4, -0.2) is 85.0 Å². The van der Waals surface area contributed by atoms with Gasteiger partial charge in [0.05, 0.1) is 12.1 Å². The van der Waals surface area contributed by atoms with Gasteiger partial charge in [0, 0.05) is 23.5 Å². The fraction of sp³-hybridized carbons (Fsp3) is 0.565. The first-order chi connectivity index (χ1) is 17.3. The maximum atomic E-state index is 13.1. The van der Waals surface area contributed by atoms with Crippen molar-refractivity contribution in [3.05, 3.63) is 36.0 Å². The Labute approximate surface area is 270 Å². The van der Waals surface area contributed by atoms with Crippen molar-refractivity contribution in [2.45, 2.75) is 76.4 Å². The predicted molar refractivity (Wildman–Crippen MR) is 131 cm³/mol. The zero-order chi connectivity index (χ0) is 27.5. The number of carbonyl (C=O) groups is 2. The number of carboxylic acids is 1. The summed E-state index contributed by atoms with van der Waals surface area (Å²) in [5, 5.41) is 45.0. The number of H-pyrrole nitrogens is 1. The number of para-hydroxylation sites is 1. The Balaban J connectivity index is 0.00000380. The topological polar surface area (TPSA) is 211 Å². The molecule has 2 heterocycles. The van der Waals surface area contributed by atoms with E-state index in [1.807, 2.05) is 24.3 Å². The first kappa shape index (κ1) is 36.7.